The molecule has 1 atom stereocenters. The van der Waals surface area contributed by atoms with Gasteiger partial charge in [-0.05, 0) is 32.8 Å². The fourth-order valence-corrected chi connectivity index (χ4v) is 3.81. The zero-order valence-corrected chi connectivity index (χ0v) is 17.0. The fourth-order valence-electron chi connectivity index (χ4n) is 3.81. The number of likely N-dealkylation sites (tertiary alicyclic amines) is 1. The van der Waals surface area contributed by atoms with Crippen molar-refractivity contribution in [1.29, 1.82) is 0 Å². The van der Waals surface area contributed by atoms with Crippen LogP contribution in [0.3, 0.4) is 0 Å². The minimum Gasteiger partial charge on any atom is -0.464 e. The fraction of sp³-hybridized carbons (Fsp3) is 0.500. The molecule has 1 fully saturated rings. The predicted octanol–water partition coefficient (Wildman–Crippen LogP) is 1.50. The number of nitrogens with one attached hydrogen (secondary N) is 1. The van der Waals surface area contributed by atoms with Gasteiger partial charge < -0.3 is 29.3 Å². The normalized spacial score (nSPS) is 17.0. The lowest BCUT2D eigenvalue weighted by Gasteiger charge is -2.31. The second-order valence-corrected chi connectivity index (χ2v) is 8.04. The van der Waals surface area contributed by atoms with Gasteiger partial charge in [-0.2, -0.15) is 0 Å². The molecule has 1 aromatic carbocycles. The van der Waals surface area contributed by atoms with E-state index in [1.807, 2.05) is 39.0 Å². The first kappa shape index (κ1) is 21.4. The molecular weight excluding hydrogens is 375 g/mol. The van der Waals surface area contributed by atoms with Crippen molar-refractivity contribution in [2.45, 2.75) is 58.2 Å². The van der Waals surface area contributed by atoms with Gasteiger partial charge in [0.25, 0.3) is 0 Å². The molecule has 156 valence electrons. The molecule has 1 saturated heterocycles. The van der Waals surface area contributed by atoms with E-state index in [-0.39, 0.29) is 30.2 Å². The van der Waals surface area contributed by atoms with Crippen molar-refractivity contribution in [3.8, 4) is 0 Å². The lowest BCUT2D eigenvalue weighted by Crippen LogP contribution is -2.45. The van der Waals surface area contributed by atoms with Gasteiger partial charge in [-0.25, -0.2) is 0 Å². The number of hydrogen-bond donors (Lipinski definition) is 3. The largest absolute Gasteiger partial charge is 0.635 e. The topological polar surface area (TPSA) is 112 Å². The average Bonchev–Trinajstić information content (AvgIpc) is 3.14. The van der Waals surface area contributed by atoms with Gasteiger partial charge in [0.05, 0.1) is 6.26 Å². The SMILES string of the molecule is Cc1cccc2c(C[C@H](NC(=O)CCN3C(=O)CCC3(C)C)OB(O)O)coc12. The molecule has 1 aliphatic rings. The molecular formula is C20H27BN2O6. The highest BCUT2D eigenvalue weighted by Gasteiger charge is 2.37. The molecule has 2 amide bonds. The van der Waals surface area contributed by atoms with Crippen LogP contribution in [0.2, 0.25) is 0 Å². The molecule has 0 radical (unpaired) electrons. The van der Waals surface area contributed by atoms with Crippen molar-refractivity contribution in [1.82, 2.24) is 10.2 Å². The van der Waals surface area contributed by atoms with Crippen molar-refractivity contribution < 1.29 is 28.7 Å². The Morgan fingerprint density at radius 2 is 2.17 bits per heavy atom. The summed E-state index contributed by atoms with van der Waals surface area (Å²) < 4.78 is 10.7. The average molecular weight is 402 g/mol. The third-order valence-corrected chi connectivity index (χ3v) is 5.44. The van der Waals surface area contributed by atoms with Gasteiger partial charge in [0.1, 0.15) is 11.8 Å². The van der Waals surface area contributed by atoms with Gasteiger partial charge in [0.15, 0.2) is 0 Å². The van der Waals surface area contributed by atoms with Crippen LogP contribution < -0.4 is 5.32 Å². The number of benzene rings is 1. The molecule has 2 aromatic rings. The van der Waals surface area contributed by atoms with Gasteiger partial charge in [0.2, 0.25) is 11.8 Å². The summed E-state index contributed by atoms with van der Waals surface area (Å²) in [5.41, 5.74) is 2.25. The first-order chi connectivity index (χ1) is 13.7. The number of carbonyl (C=O) groups is 2. The van der Waals surface area contributed by atoms with Crippen LogP contribution in [0.5, 0.6) is 0 Å². The Labute approximate surface area is 170 Å². The standard InChI is InChI=1S/C20H27BN2O6/c1-13-5-4-6-15-14(12-28-19(13)15)11-17(29-21(26)27)22-16(24)8-10-23-18(25)7-9-20(23,2)3/h4-6,12,17,26-27H,7-11H2,1-3H3,(H,22,24)/t17-/m1/s1. The molecule has 29 heavy (non-hydrogen) atoms. The number of para-hydroxylation sites is 1. The van der Waals surface area contributed by atoms with E-state index in [1.54, 1.807) is 11.2 Å². The molecule has 0 bridgehead atoms. The van der Waals surface area contributed by atoms with E-state index in [0.717, 1.165) is 28.5 Å². The Hall–Kier alpha value is -2.36. The van der Waals surface area contributed by atoms with E-state index in [0.29, 0.717) is 13.0 Å². The highest BCUT2D eigenvalue weighted by atomic mass is 16.6. The highest BCUT2D eigenvalue weighted by Crippen LogP contribution is 2.29. The summed E-state index contributed by atoms with van der Waals surface area (Å²) in [6.45, 7) is 6.20. The molecule has 3 rings (SSSR count). The number of furan rings is 1. The summed E-state index contributed by atoms with van der Waals surface area (Å²) >= 11 is 0. The van der Waals surface area contributed by atoms with Crippen molar-refractivity contribution in [3.05, 3.63) is 35.6 Å². The van der Waals surface area contributed by atoms with Gasteiger partial charge in [-0.1, -0.05) is 18.2 Å². The number of fused-ring (bicyclic) bond motifs is 1. The highest BCUT2D eigenvalue weighted by molar-refractivity contribution is 6.32. The van der Waals surface area contributed by atoms with Gasteiger partial charge in [-0.3, -0.25) is 9.59 Å². The maximum atomic E-state index is 12.4. The Morgan fingerprint density at radius 3 is 2.83 bits per heavy atom. The van der Waals surface area contributed by atoms with Gasteiger partial charge >= 0.3 is 7.32 Å². The van der Waals surface area contributed by atoms with Crippen molar-refractivity contribution in [3.63, 3.8) is 0 Å². The molecule has 8 nitrogen and oxygen atoms in total. The molecule has 1 aromatic heterocycles. The number of nitrogens with zero attached hydrogens (tertiary/aromatic N) is 1. The minimum atomic E-state index is -2.03. The molecule has 0 saturated carbocycles. The van der Waals surface area contributed by atoms with Crippen LogP contribution in [0.1, 0.15) is 44.2 Å². The van der Waals surface area contributed by atoms with Crippen LogP contribution in [0, 0.1) is 6.92 Å². The molecule has 0 spiro atoms. The van der Waals surface area contributed by atoms with E-state index < -0.39 is 13.5 Å². The first-order valence-corrected chi connectivity index (χ1v) is 9.74. The van der Waals surface area contributed by atoms with Gasteiger partial charge in [-0.15, -0.1) is 0 Å². The van der Waals surface area contributed by atoms with Crippen LogP contribution >= 0.6 is 0 Å². The second-order valence-electron chi connectivity index (χ2n) is 8.04. The summed E-state index contributed by atoms with van der Waals surface area (Å²) in [6, 6.07) is 5.74. The molecule has 2 heterocycles. The molecule has 3 N–H and O–H groups in total. The monoisotopic (exact) mass is 402 g/mol. The van der Waals surface area contributed by atoms with E-state index in [2.05, 4.69) is 5.32 Å². The molecule has 0 unspecified atom stereocenters. The molecule has 1 aliphatic heterocycles. The zero-order chi connectivity index (χ0) is 21.2. The predicted molar refractivity (Wildman–Crippen MR) is 108 cm³/mol. The van der Waals surface area contributed by atoms with Crippen LogP contribution in [-0.4, -0.2) is 52.4 Å². The Kier molecular flexibility index (Phi) is 6.31. The minimum absolute atomic E-state index is 0.0432. The van der Waals surface area contributed by atoms with Crippen LogP contribution in [0.4, 0.5) is 0 Å². The first-order valence-electron chi connectivity index (χ1n) is 9.74. The third-order valence-electron chi connectivity index (χ3n) is 5.44. The Bertz CT molecular complexity index is 894. The van der Waals surface area contributed by atoms with Crippen molar-refractivity contribution in [2.24, 2.45) is 0 Å². The number of carbonyl (C=O) groups excluding carboxylic acids is 2. The number of rotatable bonds is 8. The van der Waals surface area contributed by atoms with E-state index in [4.69, 9.17) is 9.07 Å². The molecule has 9 heteroatoms. The summed E-state index contributed by atoms with van der Waals surface area (Å²) in [4.78, 5) is 26.2. The second kappa shape index (κ2) is 8.56. The lowest BCUT2D eigenvalue weighted by atomic mass is 10.0. The Balaban J connectivity index is 1.65. The summed E-state index contributed by atoms with van der Waals surface area (Å²) in [5, 5.41) is 22.0. The number of hydrogen-bond acceptors (Lipinski definition) is 6. The van der Waals surface area contributed by atoms with Crippen LogP contribution in [-0.2, 0) is 20.7 Å². The summed E-state index contributed by atoms with van der Waals surface area (Å²) in [6.07, 6.45) is 2.18. The third kappa shape index (κ3) is 4.98. The quantitative estimate of drug-likeness (QED) is 0.456. The van der Waals surface area contributed by atoms with Crippen molar-refractivity contribution in [2.75, 3.05) is 6.54 Å². The maximum absolute atomic E-state index is 12.4. The lowest BCUT2D eigenvalue weighted by molar-refractivity contribution is -0.131. The number of aryl methyl sites for hydroxylation is 1. The van der Waals surface area contributed by atoms with E-state index in [1.165, 1.54) is 0 Å². The summed E-state index contributed by atoms with van der Waals surface area (Å²) in [7, 11) is -2.03. The van der Waals surface area contributed by atoms with E-state index >= 15 is 0 Å². The van der Waals surface area contributed by atoms with Crippen molar-refractivity contribution >= 4 is 30.1 Å². The maximum Gasteiger partial charge on any atom is 0.635 e. The van der Waals surface area contributed by atoms with E-state index in [9.17, 15) is 19.6 Å². The Morgan fingerprint density at radius 1 is 1.41 bits per heavy atom. The zero-order valence-electron chi connectivity index (χ0n) is 17.0. The smallest absolute Gasteiger partial charge is 0.464 e. The number of amides is 2. The van der Waals surface area contributed by atoms with Crippen LogP contribution in [0.15, 0.2) is 28.9 Å². The molecule has 0 aliphatic carbocycles. The van der Waals surface area contributed by atoms with Gasteiger partial charge in [0, 0.05) is 42.3 Å². The summed E-state index contributed by atoms with van der Waals surface area (Å²) in [5.74, 6) is -0.295. The van der Waals surface area contributed by atoms with Crippen LogP contribution in [0.25, 0.3) is 11.0 Å².